The molecule has 0 amide bonds. The SMILES string of the molecule is Cc1ccccc1CCNC1CCC(C(F)(F)F)CC1. The van der Waals surface area contributed by atoms with Gasteiger partial charge in [-0.15, -0.1) is 0 Å². The summed E-state index contributed by atoms with van der Waals surface area (Å²) < 4.78 is 37.7. The van der Waals surface area contributed by atoms with Crippen molar-refractivity contribution in [1.82, 2.24) is 5.32 Å². The summed E-state index contributed by atoms with van der Waals surface area (Å²) in [5, 5.41) is 3.40. The first-order valence-electron chi connectivity index (χ1n) is 7.31. The van der Waals surface area contributed by atoms with E-state index in [9.17, 15) is 13.2 Å². The molecule has 20 heavy (non-hydrogen) atoms. The number of benzene rings is 1. The minimum Gasteiger partial charge on any atom is -0.314 e. The molecule has 0 aromatic heterocycles. The van der Waals surface area contributed by atoms with Crippen molar-refractivity contribution in [2.45, 2.75) is 51.2 Å². The van der Waals surface area contributed by atoms with Crippen molar-refractivity contribution in [1.29, 1.82) is 0 Å². The number of hydrogen-bond donors (Lipinski definition) is 1. The average molecular weight is 285 g/mol. The first-order chi connectivity index (χ1) is 9.47. The molecule has 0 bridgehead atoms. The number of hydrogen-bond acceptors (Lipinski definition) is 1. The Hall–Kier alpha value is -1.03. The van der Waals surface area contributed by atoms with Crippen LogP contribution in [0.3, 0.4) is 0 Å². The molecule has 1 aliphatic rings. The highest BCUT2D eigenvalue weighted by Crippen LogP contribution is 2.37. The maximum Gasteiger partial charge on any atom is 0.391 e. The van der Waals surface area contributed by atoms with Gasteiger partial charge < -0.3 is 5.32 Å². The predicted octanol–water partition coefficient (Wildman–Crippen LogP) is 4.25. The van der Waals surface area contributed by atoms with Crippen molar-refractivity contribution in [3.63, 3.8) is 0 Å². The molecule has 0 radical (unpaired) electrons. The van der Waals surface area contributed by atoms with Crippen LogP contribution < -0.4 is 5.32 Å². The largest absolute Gasteiger partial charge is 0.391 e. The van der Waals surface area contributed by atoms with Gasteiger partial charge in [0.15, 0.2) is 0 Å². The summed E-state index contributed by atoms with van der Waals surface area (Å²) in [6.07, 6.45) is -1.26. The van der Waals surface area contributed by atoms with E-state index in [1.165, 1.54) is 11.1 Å². The van der Waals surface area contributed by atoms with E-state index in [0.717, 1.165) is 13.0 Å². The van der Waals surface area contributed by atoms with Crippen LogP contribution in [0.5, 0.6) is 0 Å². The molecule has 0 unspecified atom stereocenters. The van der Waals surface area contributed by atoms with E-state index in [2.05, 4.69) is 24.4 Å². The van der Waals surface area contributed by atoms with E-state index in [1.807, 2.05) is 12.1 Å². The third-order valence-corrected chi connectivity index (χ3v) is 4.28. The summed E-state index contributed by atoms with van der Waals surface area (Å²) in [5.41, 5.74) is 2.58. The van der Waals surface area contributed by atoms with Gasteiger partial charge in [-0.05, 0) is 56.7 Å². The molecular weight excluding hydrogens is 263 g/mol. The Balaban J connectivity index is 1.71. The molecule has 4 heteroatoms. The molecule has 0 aliphatic heterocycles. The molecule has 0 spiro atoms. The Labute approximate surface area is 118 Å². The molecule has 0 saturated heterocycles. The fourth-order valence-corrected chi connectivity index (χ4v) is 2.93. The monoisotopic (exact) mass is 285 g/mol. The molecule has 1 N–H and O–H groups in total. The van der Waals surface area contributed by atoms with Crippen molar-refractivity contribution >= 4 is 0 Å². The number of rotatable bonds is 4. The molecule has 1 aliphatic carbocycles. The van der Waals surface area contributed by atoms with Gasteiger partial charge in [0.05, 0.1) is 5.92 Å². The highest BCUT2D eigenvalue weighted by Gasteiger charge is 2.41. The zero-order chi connectivity index (χ0) is 14.6. The fraction of sp³-hybridized carbons (Fsp3) is 0.625. The molecule has 1 saturated carbocycles. The number of aryl methyl sites for hydroxylation is 1. The minimum atomic E-state index is -4.01. The van der Waals surface area contributed by atoms with Crippen LogP contribution in [0, 0.1) is 12.8 Å². The molecule has 112 valence electrons. The molecule has 1 aromatic rings. The maximum absolute atomic E-state index is 12.6. The Morgan fingerprint density at radius 3 is 2.35 bits per heavy atom. The summed E-state index contributed by atoms with van der Waals surface area (Å²) in [5.74, 6) is -1.09. The zero-order valence-corrected chi connectivity index (χ0v) is 11.8. The van der Waals surface area contributed by atoms with Crippen LogP contribution in [0.1, 0.15) is 36.8 Å². The van der Waals surface area contributed by atoms with Crippen molar-refractivity contribution in [2.24, 2.45) is 5.92 Å². The van der Waals surface area contributed by atoms with Gasteiger partial charge in [-0.3, -0.25) is 0 Å². The topological polar surface area (TPSA) is 12.0 Å². The summed E-state index contributed by atoms with van der Waals surface area (Å²) in [4.78, 5) is 0. The first-order valence-corrected chi connectivity index (χ1v) is 7.31. The Morgan fingerprint density at radius 2 is 1.75 bits per heavy atom. The summed E-state index contributed by atoms with van der Waals surface area (Å²) >= 11 is 0. The van der Waals surface area contributed by atoms with Crippen LogP contribution in [0.25, 0.3) is 0 Å². The Bertz CT molecular complexity index is 420. The smallest absolute Gasteiger partial charge is 0.314 e. The standard InChI is InChI=1S/C16H22F3N/c1-12-4-2-3-5-13(12)10-11-20-15-8-6-14(7-9-15)16(17,18)19/h2-5,14-15,20H,6-11H2,1H3. The minimum absolute atomic E-state index is 0.248. The zero-order valence-electron chi connectivity index (χ0n) is 11.8. The molecule has 1 fully saturated rings. The second kappa shape index (κ2) is 6.61. The van der Waals surface area contributed by atoms with Gasteiger partial charge in [-0.1, -0.05) is 24.3 Å². The molecule has 0 atom stereocenters. The number of nitrogens with one attached hydrogen (secondary N) is 1. The highest BCUT2D eigenvalue weighted by atomic mass is 19.4. The highest BCUT2D eigenvalue weighted by molar-refractivity contribution is 5.25. The van der Waals surface area contributed by atoms with E-state index < -0.39 is 12.1 Å². The number of halogens is 3. The van der Waals surface area contributed by atoms with Crippen LogP contribution >= 0.6 is 0 Å². The van der Waals surface area contributed by atoms with E-state index in [4.69, 9.17) is 0 Å². The lowest BCUT2D eigenvalue weighted by molar-refractivity contribution is -0.182. The molecule has 2 rings (SSSR count). The second-order valence-electron chi connectivity index (χ2n) is 5.72. The quantitative estimate of drug-likeness (QED) is 0.872. The molecule has 1 nitrogen and oxygen atoms in total. The molecule has 0 heterocycles. The van der Waals surface area contributed by atoms with E-state index in [1.54, 1.807) is 0 Å². The Kier molecular flexibility index (Phi) is 5.08. The molecule has 1 aromatic carbocycles. The van der Waals surface area contributed by atoms with Crippen LogP contribution in [-0.2, 0) is 6.42 Å². The predicted molar refractivity (Wildman–Crippen MR) is 74.7 cm³/mol. The lowest BCUT2D eigenvalue weighted by Gasteiger charge is -2.30. The van der Waals surface area contributed by atoms with Gasteiger partial charge in [0.1, 0.15) is 0 Å². The lowest BCUT2D eigenvalue weighted by atomic mass is 9.85. The Morgan fingerprint density at radius 1 is 1.10 bits per heavy atom. The first kappa shape index (κ1) is 15.4. The van der Waals surface area contributed by atoms with Gasteiger partial charge in [0.25, 0.3) is 0 Å². The summed E-state index contributed by atoms with van der Waals surface area (Å²) in [6, 6.07) is 8.49. The second-order valence-corrected chi connectivity index (χ2v) is 5.72. The van der Waals surface area contributed by atoms with E-state index in [0.29, 0.717) is 12.8 Å². The van der Waals surface area contributed by atoms with Gasteiger partial charge in [-0.25, -0.2) is 0 Å². The normalized spacial score (nSPS) is 23.8. The third-order valence-electron chi connectivity index (χ3n) is 4.28. The van der Waals surface area contributed by atoms with Gasteiger partial charge in [0.2, 0.25) is 0 Å². The van der Waals surface area contributed by atoms with Crippen molar-refractivity contribution < 1.29 is 13.2 Å². The van der Waals surface area contributed by atoms with Crippen LogP contribution in [0.4, 0.5) is 13.2 Å². The van der Waals surface area contributed by atoms with Gasteiger partial charge in [0, 0.05) is 6.04 Å². The number of alkyl halides is 3. The lowest BCUT2D eigenvalue weighted by Crippen LogP contribution is -2.37. The van der Waals surface area contributed by atoms with Crippen molar-refractivity contribution in [2.75, 3.05) is 6.54 Å². The van der Waals surface area contributed by atoms with Crippen molar-refractivity contribution in [3.05, 3.63) is 35.4 Å². The summed E-state index contributed by atoms with van der Waals surface area (Å²) in [7, 11) is 0. The fourth-order valence-electron chi connectivity index (χ4n) is 2.93. The average Bonchev–Trinajstić information content (AvgIpc) is 2.40. The van der Waals surface area contributed by atoms with E-state index >= 15 is 0 Å². The van der Waals surface area contributed by atoms with Crippen LogP contribution in [0.15, 0.2) is 24.3 Å². The van der Waals surface area contributed by atoms with Crippen LogP contribution in [0.2, 0.25) is 0 Å². The maximum atomic E-state index is 12.6. The molecular formula is C16H22F3N. The van der Waals surface area contributed by atoms with E-state index in [-0.39, 0.29) is 18.9 Å². The van der Waals surface area contributed by atoms with Crippen molar-refractivity contribution in [3.8, 4) is 0 Å². The van der Waals surface area contributed by atoms with Gasteiger partial charge >= 0.3 is 6.18 Å². The van der Waals surface area contributed by atoms with Crippen LogP contribution in [-0.4, -0.2) is 18.8 Å². The van der Waals surface area contributed by atoms with Gasteiger partial charge in [-0.2, -0.15) is 13.2 Å². The third kappa shape index (κ3) is 4.23. The summed E-state index contributed by atoms with van der Waals surface area (Å²) in [6.45, 7) is 2.93.